The molecule has 1 N–H and O–H groups in total. The summed E-state index contributed by atoms with van der Waals surface area (Å²) >= 11 is 0. The van der Waals surface area contributed by atoms with Crippen LogP contribution in [0.3, 0.4) is 0 Å². The summed E-state index contributed by atoms with van der Waals surface area (Å²) in [5, 5.41) is 2.57. The number of likely N-dealkylation sites (N-methyl/N-ethyl adjacent to an activating group) is 1. The Balaban J connectivity index is 2.57. The van der Waals surface area contributed by atoms with E-state index in [4.69, 9.17) is 0 Å². The van der Waals surface area contributed by atoms with Gasteiger partial charge in [-0.1, -0.05) is 6.07 Å². The normalized spacial score (nSPS) is 13.2. The number of nitrogens with one attached hydrogen (secondary N) is 1. The van der Waals surface area contributed by atoms with Gasteiger partial charge >= 0.3 is 0 Å². The van der Waals surface area contributed by atoms with Gasteiger partial charge in [0.05, 0.1) is 6.04 Å². The van der Waals surface area contributed by atoms with Crippen LogP contribution in [0.15, 0.2) is 24.5 Å². The Labute approximate surface area is 76.0 Å². The lowest BCUT2D eigenvalue weighted by Crippen LogP contribution is -2.34. The fourth-order valence-corrected chi connectivity index (χ4v) is 1.09. The Morgan fingerprint density at radius 2 is 2.31 bits per heavy atom. The SMILES string of the molecule is CNC(Cc1cccnc1)C(F)F. The molecule has 0 aromatic carbocycles. The van der Waals surface area contributed by atoms with Crippen molar-refractivity contribution in [3.8, 4) is 0 Å². The molecule has 0 saturated carbocycles. The van der Waals surface area contributed by atoms with Crippen molar-refractivity contribution in [2.24, 2.45) is 0 Å². The van der Waals surface area contributed by atoms with Gasteiger partial charge in [-0.25, -0.2) is 8.78 Å². The lowest BCUT2D eigenvalue weighted by atomic mass is 10.1. The topological polar surface area (TPSA) is 24.9 Å². The third kappa shape index (κ3) is 3.06. The molecule has 4 heteroatoms. The fraction of sp³-hybridized carbons (Fsp3) is 0.444. The number of alkyl halides is 2. The summed E-state index contributed by atoms with van der Waals surface area (Å²) in [5.74, 6) is 0. The van der Waals surface area contributed by atoms with Gasteiger partial charge in [-0.2, -0.15) is 0 Å². The molecule has 0 spiro atoms. The minimum atomic E-state index is -2.34. The van der Waals surface area contributed by atoms with Crippen LogP contribution in [0, 0.1) is 0 Å². The Kier molecular flexibility index (Phi) is 3.76. The zero-order chi connectivity index (χ0) is 9.68. The van der Waals surface area contributed by atoms with E-state index in [0.29, 0.717) is 6.42 Å². The van der Waals surface area contributed by atoms with E-state index in [-0.39, 0.29) is 0 Å². The molecule has 0 fully saturated rings. The first kappa shape index (κ1) is 10.1. The van der Waals surface area contributed by atoms with E-state index in [9.17, 15) is 8.78 Å². The van der Waals surface area contributed by atoms with Crippen LogP contribution in [-0.2, 0) is 6.42 Å². The quantitative estimate of drug-likeness (QED) is 0.770. The van der Waals surface area contributed by atoms with Gasteiger partial charge in [0.25, 0.3) is 6.43 Å². The van der Waals surface area contributed by atoms with E-state index < -0.39 is 12.5 Å². The highest BCUT2D eigenvalue weighted by atomic mass is 19.3. The first-order valence-corrected chi connectivity index (χ1v) is 4.08. The van der Waals surface area contributed by atoms with Crippen LogP contribution in [0.1, 0.15) is 5.56 Å². The van der Waals surface area contributed by atoms with Gasteiger partial charge in [0, 0.05) is 12.4 Å². The third-order valence-corrected chi connectivity index (χ3v) is 1.85. The summed E-state index contributed by atoms with van der Waals surface area (Å²) in [6, 6.07) is 2.75. The average molecular weight is 186 g/mol. The summed E-state index contributed by atoms with van der Waals surface area (Å²) in [6.45, 7) is 0. The summed E-state index contributed by atoms with van der Waals surface area (Å²) in [7, 11) is 1.53. The van der Waals surface area contributed by atoms with E-state index in [1.165, 1.54) is 7.05 Å². The van der Waals surface area contributed by atoms with Crippen LogP contribution in [0.5, 0.6) is 0 Å². The number of pyridine rings is 1. The van der Waals surface area contributed by atoms with E-state index in [2.05, 4.69) is 10.3 Å². The van der Waals surface area contributed by atoms with E-state index in [1.54, 1.807) is 24.5 Å². The molecule has 1 aromatic rings. The molecule has 0 amide bonds. The minimum absolute atomic E-state index is 0.308. The maximum Gasteiger partial charge on any atom is 0.254 e. The van der Waals surface area contributed by atoms with Crippen LogP contribution in [0.25, 0.3) is 0 Å². The Hall–Kier alpha value is -1.03. The second-order valence-electron chi connectivity index (χ2n) is 2.80. The Bertz CT molecular complexity index is 239. The highest BCUT2D eigenvalue weighted by Gasteiger charge is 2.17. The molecule has 0 aliphatic rings. The highest BCUT2D eigenvalue weighted by Crippen LogP contribution is 2.07. The van der Waals surface area contributed by atoms with E-state index >= 15 is 0 Å². The smallest absolute Gasteiger partial charge is 0.254 e. The van der Waals surface area contributed by atoms with Crippen LogP contribution in [0.4, 0.5) is 8.78 Å². The van der Waals surface area contributed by atoms with Gasteiger partial charge in [0.2, 0.25) is 0 Å². The van der Waals surface area contributed by atoms with Crippen LogP contribution < -0.4 is 5.32 Å². The molecule has 1 rings (SSSR count). The van der Waals surface area contributed by atoms with Gasteiger partial charge in [-0.15, -0.1) is 0 Å². The third-order valence-electron chi connectivity index (χ3n) is 1.85. The number of aromatic nitrogens is 1. The van der Waals surface area contributed by atoms with Crippen molar-refractivity contribution in [3.05, 3.63) is 30.1 Å². The van der Waals surface area contributed by atoms with Crippen molar-refractivity contribution in [1.82, 2.24) is 10.3 Å². The van der Waals surface area contributed by atoms with Crippen molar-refractivity contribution in [3.63, 3.8) is 0 Å². The zero-order valence-corrected chi connectivity index (χ0v) is 7.37. The molecule has 0 bridgehead atoms. The van der Waals surface area contributed by atoms with Crippen molar-refractivity contribution >= 4 is 0 Å². The van der Waals surface area contributed by atoms with Crippen LogP contribution in [0.2, 0.25) is 0 Å². The van der Waals surface area contributed by atoms with E-state index in [0.717, 1.165) is 5.56 Å². The lowest BCUT2D eigenvalue weighted by molar-refractivity contribution is 0.102. The van der Waals surface area contributed by atoms with Gasteiger partial charge < -0.3 is 5.32 Å². The summed E-state index contributed by atoms with van der Waals surface area (Å²) < 4.78 is 24.6. The standard InChI is InChI=1S/C9H12F2N2/c1-12-8(9(10)11)5-7-3-2-4-13-6-7/h2-4,6,8-9,12H,5H2,1H3. The van der Waals surface area contributed by atoms with Gasteiger partial charge in [0.1, 0.15) is 0 Å². The molecule has 0 saturated heterocycles. The van der Waals surface area contributed by atoms with Crippen molar-refractivity contribution in [1.29, 1.82) is 0 Å². The number of nitrogens with zero attached hydrogens (tertiary/aromatic N) is 1. The van der Waals surface area contributed by atoms with Crippen molar-refractivity contribution < 1.29 is 8.78 Å². The molecule has 13 heavy (non-hydrogen) atoms. The summed E-state index contributed by atoms with van der Waals surface area (Å²) in [4.78, 5) is 3.86. The maximum absolute atomic E-state index is 12.3. The molecule has 1 heterocycles. The number of halogens is 2. The second-order valence-corrected chi connectivity index (χ2v) is 2.80. The molecule has 1 aromatic heterocycles. The molecule has 2 nitrogen and oxygen atoms in total. The lowest BCUT2D eigenvalue weighted by Gasteiger charge is -2.14. The Morgan fingerprint density at radius 3 is 2.77 bits per heavy atom. The van der Waals surface area contributed by atoms with Crippen LogP contribution in [-0.4, -0.2) is 24.5 Å². The maximum atomic E-state index is 12.3. The predicted molar refractivity (Wildman–Crippen MR) is 46.8 cm³/mol. The molecule has 0 aliphatic carbocycles. The molecule has 0 aliphatic heterocycles. The summed E-state index contributed by atoms with van der Waals surface area (Å²) in [5.41, 5.74) is 0.821. The van der Waals surface area contributed by atoms with Crippen molar-refractivity contribution in [2.45, 2.75) is 18.9 Å². The van der Waals surface area contributed by atoms with Gasteiger partial charge in [-0.05, 0) is 25.1 Å². The average Bonchev–Trinajstić information content (AvgIpc) is 2.15. The Morgan fingerprint density at radius 1 is 1.54 bits per heavy atom. The molecule has 0 radical (unpaired) electrons. The van der Waals surface area contributed by atoms with Gasteiger partial charge in [0.15, 0.2) is 0 Å². The fourth-order valence-electron chi connectivity index (χ4n) is 1.09. The minimum Gasteiger partial charge on any atom is -0.312 e. The monoisotopic (exact) mass is 186 g/mol. The molecular weight excluding hydrogens is 174 g/mol. The molecule has 72 valence electrons. The second kappa shape index (κ2) is 4.87. The largest absolute Gasteiger partial charge is 0.312 e. The zero-order valence-electron chi connectivity index (χ0n) is 7.37. The number of hydrogen-bond donors (Lipinski definition) is 1. The first-order chi connectivity index (χ1) is 6.24. The first-order valence-electron chi connectivity index (χ1n) is 4.08. The number of rotatable bonds is 4. The predicted octanol–water partition coefficient (Wildman–Crippen LogP) is 1.48. The molecular formula is C9H12F2N2. The van der Waals surface area contributed by atoms with E-state index in [1.807, 2.05) is 0 Å². The van der Waals surface area contributed by atoms with Crippen molar-refractivity contribution in [2.75, 3.05) is 7.05 Å². The molecule has 1 atom stereocenters. The number of hydrogen-bond acceptors (Lipinski definition) is 2. The molecule has 1 unspecified atom stereocenters. The summed E-state index contributed by atoms with van der Waals surface area (Å²) in [6.07, 6.45) is 1.19. The van der Waals surface area contributed by atoms with Gasteiger partial charge in [-0.3, -0.25) is 4.98 Å². The highest BCUT2D eigenvalue weighted by molar-refractivity contribution is 5.10. The van der Waals surface area contributed by atoms with Crippen LogP contribution >= 0.6 is 0 Å².